The number of pyridine rings is 1. The molecular formula is C35H37NO8. The highest BCUT2D eigenvalue weighted by molar-refractivity contribution is 5.90. The zero-order valence-corrected chi connectivity index (χ0v) is 25.3. The van der Waals surface area contributed by atoms with Gasteiger partial charge in [-0.25, -0.2) is 14.4 Å². The summed E-state index contributed by atoms with van der Waals surface area (Å²) in [7, 11) is 0. The van der Waals surface area contributed by atoms with Gasteiger partial charge in [0.2, 0.25) is 0 Å². The van der Waals surface area contributed by atoms with Crippen LogP contribution in [0.25, 0.3) is 0 Å². The molecule has 2 saturated carbocycles. The Bertz CT molecular complexity index is 1540. The van der Waals surface area contributed by atoms with Crippen molar-refractivity contribution in [2.24, 2.45) is 11.3 Å². The molecule has 2 bridgehead atoms. The van der Waals surface area contributed by atoms with Crippen LogP contribution in [0, 0.1) is 11.3 Å². The fourth-order valence-corrected chi connectivity index (χ4v) is 7.80. The number of carbonyl (C=O) groups excluding carboxylic acids is 3. The molecule has 230 valence electrons. The molecule has 1 saturated heterocycles. The summed E-state index contributed by atoms with van der Waals surface area (Å²) in [6.07, 6.45) is 0.976. The molecule has 3 aromatic rings. The van der Waals surface area contributed by atoms with Crippen LogP contribution in [0.15, 0.2) is 85.2 Å². The SMILES string of the molecule is CC1(C)O[C@@]23[C@@H](OC(=O)c4cccnc4)[C@@H]1C[C@@H](OC(=O)c1ccccc1)[C@@]2(C)[C@H](OC(=O)c1ccccc1)CC[C@@]3(C)O. The topological polar surface area (TPSA) is 121 Å². The second kappa shape index (κ2) is 10.8. The third-order valence-electron chi connectivity index (χ3n) is 10.0. The normalized spacial score (nSPS) is 33.5. The van der Waals surface area contributed by atoms with Crippen LogP contribution in [0.3, 0.4) is 0 Å². The lowest BCUT2D eigenvalue weighted by molar-refractivity contribution is -0.324. The molecule has 7 atom stereocenters. The molecule has 1 N–H and O–H groups in total. The Labute approximate surface area is 256 Å². The average Bonchev–Trinajstić information content (AvgIpc) is 3.20. The maximum Gasteiger partial charge on any atom is 0.340 e. The van der Waals surface area contributed by atoms with Crippen molar-refractivity contribution in [3.05, 3.63) is 102 Å². The number of hydrogen-bond acceptors (Lipinski definition) is 9. The molecule has 9 nitrogen and oxygen atoms in total. The van der Waals surface area contributed by atoms with E-state index < -0.39 is 64.4 Å². The highest BCUT2D eigenvalue weighted by Crippen LogP contribution is 2.68. The minimum absolute atomic E-state index is 0.179. The number of aliphatic hydroxyl groups is 1. The van der Waals surface area contributed by atoms with Crippen LogP contribution in [0.1, 0.15) is 78.0 Å². The number of fused-ring (bicyclic) bond motifs is 1. The van der Waals surface area contributed by atoms with E-state index in [-0.39, 0.29) is 24.8 Å². The molecule has 3 fully saturated rings. The van der Waals surface area contributed by atoms with Crippen molar-refractivity contribution in [1.82, 2.24) is 4.98 Å². The van der Waals surface area contributed by atoms with Crippen molar-refractivity contribution in [1.29, 1.82) is 0 Å². The van der Waals surface area contributed by atoms with Gasteiger partial charge in [0, 0.05) is 18.3 Å². The van der Waals surface area contributed by atoms with Gasteiger partial charge in [0.15, 0.2) is 0 Å². The summed E-state index contributed by atoms with van der Waals surface area (Å²) >= 11 is 0. The van der Waals surface area contributed by atoms with E-state index in [1.165, 1.54) is 6.20 Å². The first-order chi connectivity index (χ1) is 20.9. The lowest BCUT2D eigenvalue weighted by Gasteiger charge is -2.64. The number of nitrogens with zero attached hydrogens (tertiary/aromatic N) is 1. The number of rotatable bonds is 6. The smallest absolute Gasteiger partial charge is 0.340 e. The first kappa shape index (κ1) is 30.0. The molecule has 0 radical (unpaired) electrons. The van der Waals surface area contributed by atoms with Crippen LogP contribution in [0.2, 0.25) is 0 Å². The molecule has 2 aliphatic carbocycles. The molecule has 1 aliphatic heterocycles. The Morgan fingerprint density at radius 3 is 1.89 bits per heavy atom. The Morgan fingerprint density at radius 1 is 0.773 bits per heavy atom. The van der Waals surface area contributed by atoms with Gasteiger partial charge in [0.25, 0.3) is 0 Å². The lowest BCUT2D eigenvalue weighted by atomic mass is 9.47. The Morgan fingerprint density at radius 2 is 1.32 bits per heavy atom. The first-order valence-electron chi connectivity index (χ1n) is 15.0. The third-order valence-corrected chi connectivity index (χ3v) is 10.0. The summed E-state index contributed by atoms with van der Waals surface area (Å²) in [6.45, 7) is 7.24. The van der Waals surface area contributed by atoms with Gasteiger partial charge in [-0.15, -0.1) is 0 Å². The molecule has 2 aromatic carbocycles. The van der Waals surface area contributed by atoms with Gasteiger partial charge in [0.1, 0.15) is 23.9 Å². The molecule has 0 amide bonds. The van der Waals surface area contributed by atoms with Crippen LogP contribution >= 0.6 is 0 Å². The highest BCUT2D eigenvalue weighted by atomic mass is 16.6. The van der Waals surface area contributed by atoms with E-state index in [4.69, 9.17) is 18.9 Å². The predicted octanol–water partition coefficient (Wildman–Crippen LogP) is 5.18. The van der Waals surface area contributed by atoms with E-state index in [1.54, 1.807) is 79.9 Å². The van der Waals surface area contributed by atoms with Gasteiger partial charge in [-0.2, -0.15) is 0 Å². The predicted molar refractivity (Wildman–Crippen MR) is 159 cm³/mol. The number of hydrogen-bond donors (Lipinski definition) is 1. The van der Waals surface area contributed by atoms with Crippen LogP contribution < -0.4 is 0 Å². The second-order valence-corrected chi connectivity index (χ2v) is 13.0. The fraction of sp³-hybridized carbons (Fsp3) is 0.429. The molecule has 6 rings (SSSR count). The number of benzene rings is 2. The van der Waals surface area contributed by atoms with Crippen molar-refractivity contribution in [3.8, 4) is 0 Å². The van der Waals surface area contributed by atoms with Gasteiger partial charge in [-0.05, 0) is 83.4 Å². The zero-order chi connectivity index (χ0) is 31.3. The summed E-state index contributed by atoms with van der Waals surface area (Å²) in [4.78, 5) is 44.6. The number of carbonyl (C=O) groups is 3. The van der Waals surface area contributed by atoms with Gasteiger partial charge >= 0.3 is 17.9 Å². The van der Waals surface area contributed by atoms with E-state index in [9.17, 15) is 19.5 Å². The number of ether oxygens (including phenoxy) is 4. The average molecular weight is 600 g/mol. The van der Waals surface area contributed by atoms with E-state index in [2.05, 4.69) is 4.98 Å². The van der Waals surface area contributed by atoms with Crippen LogP contribution in [0.5, 0.6) is 0 Å². The third kappa shape index (κ3) is 4.61. The number of esters is 3. The van der Waals surface area contributed by atoms with Crippen LogP contribution in [-0.2, 0) is 18.9 Å². The van der Waals surface area contributed by atoms with E-state index >= 15 is 0 Å². The maximum atomic E-state index is 13.6. The summed E-state index contributed by atoms with van der Waals surface area (Å²) in [5, 5.41) is 12.3. The van der Waals surface area contributed by atoms with Gasteiger partial charge in [-0.1, -0.05) is 36.4 Å². The summed E-state index contributed by atoms with van der Waals surface area (Å²) in [5.41, 5.74) is -4.46. The highest BCUT2D eigenvalue weighted by Gasteiger charge is 2.82. The van der Waals surface area contributed by atoms with E-state index in [1.807, 2.05) is 26.8 Å². The van der Waals surface area contributed by atoms with Crippen molar-refractivity contribution < 1.29 is 38.4 Å². The van der Waals surface area contributed by atoms with Gasteiger partial charge in [0.05, 0.1) is 33.3 Å². The van der Waals surface area contributed by atoms with Gasteiger partial charge in [-0.3, -0.25) is 4.98 Å². The van der Waals surface area contributed by atoms with Crippen molar-refractivity contribution in [2.75, 3.05) is 0 Å². The van der Waals surface area contributed by atoms with Gasteiger partial charge < -0.3 is 24.1 Å². The molecular weight excluding hydrogens is 562 g/mol. The minimum Gasteiger partial charge on any atom is -0.458 e. The largest absolute Gasteiger partial charge is 0.458 e. The van der Waals surface area contributed by atoms with Crippen molar-refractivity contribution in [3.63, 3.8) is 0 Å². The molecule has 3 aliphatic rings. The van der Waals surface area contributed by atoms with Crippen LogP contribution in [-0.4, -0.2) is 63.1 Å². The van der Waals surface area contributed by atoms with E-state index in [0.717, 1.165) is 0 Å². The molecule has 2 heterocycles. The summed E-state index contributed by atoms with van der Waals surface area (Å²) < 4.78 is 25.8. The molecule has 9 heteroatoms. The Hall–Kier alpha value is -4.08. The molecule has 44 heavy (non-hydrogen) atoms. The molecule has 1 spiro atoms. The first-order valence-corrected chi connectivity index (χ1v) is 15.0. The summed E-state index contributed by atoms with van der Waals surface area (Å²) in [5.74, 6) is -2.19. The van der Waals surface area contributed by atoms with E-state index in [0.29, 0.717) is 11.1 Å². The lowest BCUT2D eigenvalue weighted by Crippen LogP contribution is -2.79. The zero-order valence-electron chi connectivity index (χ0n) is 25.3. The van der Waals surface area contributed by atoms with Crippen LogP contribution in [0.4, 0.5) is 0 Å². The molecule has 0 unspecified atom stereocenters. The molecule has 1 aromatic heterocycles. The minimum atomic E-state index is -1.62. The summed E-state index contributed by atoms with van der Waals surface area (Å²) in [6, 6.07) is 20.5. The maximum absolute atomic E-state index is 13.6. The second-order valence-electron chi connectivity index (χ2n) is 13.0. The fourth-order valence-electron chi connectivity index (χ4n) is 7.80. The monoisotopic (exact) mass is 599 g/mol. The van der Waals surface area contributed by atoms with Crippen molar-refractivity contribution >= 4 is 17.9 Å². The standard InChI is InChI=1S/C35H37NO8/c1-32(2)25-20-27(42-30(38)23-14-9-6-10-15-23)34(4)26(41-29(37)22-12-7-5-8-13-22)17-18-33(3,40)35(34,44-32)28(25)43-31(39)24-16-11-19-36-21-24/h5-16,19,21,25-28,40H,17-18,20H2,1-4H3/t25-,26+,27+,28-,33+,34+,35+/m0/s1. The van der Waals surface area contributed by atoms with Crippen molar-refractivity contribution in [2.45, 2.75) is 82.1 Å². The quantitative estimate of drug-likeness (QED) is 0.302. The Balaban J connectivity index is 1.47. The Kier molecular flexibility index (Phi) is 7.37. The number of aromatic nitrogens is 1.